The second-order valence-corrected chi connectivity index (χ2v) is 7.50. The summed E-state index contributed by atoms with van der Waals surface area (Å²) in [7, 11) is 0. The van der Waals surface area contributed by atoms with E-state index in [1.807, 2.05) is 30.3 Å². The Labute approximate surface area is 150 Å². The molecule has 2 aromatic carbocycles. The van der Waals surface area contributed by atoms with Crippen LogP contribution >= 0.6 is 0 Å². The van der Waals surface area contributed by atoms with Crippen LogP contribution in [0.5, 0.6) is 0 Å². The van der Waals surface area contributed by atoms with Crippen LogP contribution in [0.1, 0.15) is 72.9 Å². The van der Waals surface area contributed by atoms with Crippen molar-refractivity contribution in [3.8, 4) is 0 Å². The van der Waals surface area contributed by atoms with Gasteiger partial charge in [0, 0.05) is 5.56 Å². The summed E-state index contributed by atoms with van der Waals surface area (Å²) in [5.41, 5.74) is 6.36. The molecule has 2 atom stereocenters. The quantitative estimate of drug-likeness (QED) is 0.581. The minimum absolute atomic E-state index is 0.0181. The van der Waals surface area contributed by atoms with Gasteiger partial charge in [0.2, 0.25) is 0 Å². The van der Waals surface area contributed by atoms with E-state index in [1.165, 1.54) is 42.4 Å². The van der Waals surface area contributed by atoms with E-state index in [-0.39, 0.29) is 5.92 Å². The van der Waals surface area contributed by atoms with E-state index in [9.17, 15) is 4.79 Å². The maximum atomic E-state index is 13.5. The number of carbonyl (C=O) groups is 1. The molecule has 2 unspecified atom stereocenters. The molecule has 0 aliphatic heterocycles. The Morgan fingerprint density at radius 2 is 1.60 bits per heavy atom. The van der Waals surface area contributed by atoms with Crippen LogP contribution < -0.4 is 0 Å². The predicted octanol–water partition coefficient (Wildman–Crippen LogP) is 6.41. The van der Waals surface area contributed by atoms with Crippen LogP contribution in [0.25, 0.3) is 5.57 Å². The minimum atomic E-state index is -0.0181. The van der Waals surface area contributed by atoms with E-state index in [4.69, 9.17) is 0 Å². The molecule has 0 spiro atoms. The average Bonchev–Trinajstić information content (AvgIpc) is 2.64. The van der Waals surface area contributed by atoms with Crippen molar-refractivity contribution in [2.24, 2.45) is 5.92 Å². The van der Waals surface area contributed by atoms with Gasteiger partial charge in [0.1, 0.15) is 0 Å². The lowest BCUT2D eigenvalue weighted by Crippen LogP contribution is -2.29. The standard InChI is InChI=1S/C24H26O/c1-17-19-13-7-2-3-8-15-21(19)23(22-16-10-9-14-20(17)22)24(25)18-11-5-4-6-12-18/h4-6,9-12,14,16,21,23H,2-3,7-8,13,15H2,1H3. The summed E-state index contributed by atoms with van der Waals surface area (Å²) in [6.07, 6.45) is 7.42. The lowest BCUT2D eigenvalue weighted by Gasteiger charge is -2.37. The van der Waals surface area contributed by atoms with Crippen LogP contribution in [0.3, 0.4) is 0 Å². The minimum Gasteiger partial charge on any atom is -0.293 e. The smallest absolute Gasteiger partial charge is 0.170 e. The van der Waals surface area contributed by atoms with Gasteiger partial charge in [0.05, 0.1) is 5.92 Å². The highest BCUT2D eigenvalue weighted by Gasteiger charge is 2.38. The van der Waals surface area contributed by atoms with E-state index in [1.54, 1.807) is 5.57 Å². The van der Waals surface area contributed by atoms with Gasteiger partial charge in [-0.05, 0) is 48.8 Å². The first-order chi connectivity index (χ1) is 12.3. The normalized spacial score (nSPS) is 23.2. The molecule has 0 aromatic heterocycles. The molecule has 2 aromatic rings. The van der Waals surface area contributed by atoms with Crippen molar-refractivity contribution in [1.29, 1.82) is 0 Å². The lowest BCUT2D eigenvalue weighted by atomic mass is 9.66. The number of ketones is 1. The Morgan fingerprint density at radius 3 is 2.44 bits per heavy atom. The van der Waals surface area contributed by atoms with Crippen molar-refractivity contribution in [2.45, 2.75) is 51.4 Å². The molecule has 0 N–H and O–H groups in total. The third-order valence-corrected chi connectivity index (χ3v) is 6.08. The van der Waals surface area contributed by atoms with Gasteiger partial charge in [-0.1, -0.05) is 79.4 Å². The second kappa shape index (κ2) is 7.00. The Kier molecular flexibility index (Phi) is 4.57. The Hall–Kier alpha value is -2.15. The third-order valence-electron chi connectivity index (χ3n) is 6.08. The van der Waals surface area contributed by atoms with Crippen LogP contribution in [0.15, 0.2) is 60.2 Å². The van der Waals surface area contributed by atoms with E-state index in [2.05, 4.69) is 31.2 Å². The van der Waals surface area contributed by atoms with Crippen LogP contribution in [0.2, 0.25) is 0 Å². The van der Waals surface area contributed by atoms with E-state index >= 15 is 0 Å². The molecular weight excluding hydrogens is 304 g/mol. The third kappa shape index (κ3) is 2.97. The van der Waals surface area contributed by atoms with Crippen LogP contribution in [-0.2, 0) is 0 Å². The molecule has 128 valence electrons. The predicted molar refractivity (Wildman–Crippen MR) is 104 cm³/mol. The molecule has 25 heavy (non-hydrogen) atoms. The molecule has 0 heterocycles. The zero-order valence-electron chi connectivity index (χ0n) is 15.0. The molecule has 1 heteroatoms. The highest BCUT2D eigenvalue weighted by molar-refractivity contribution is 6.03. The van der Waals surface area contributed by atoms with Crippen molar-refractivity contribution >= 4 is 11.4 Å². The molecule has 2 aliphatic carbocycles. The first kappa shape index (κ1) is 16.3. The van der Waals surface area contributed by atoms with E-state index in [0.29, 0.717) is 11.7 Å². The molecule has 1 fully saturated rings. The van der Waals surface area contributed by atoms with Gasteiger partial charge in [-0.3, -0.25) is 4.79 Å². The van der Waals surface area contributed by atoms with Gasteiger partial charge < -0.3 is 0 Å². The number of fused-ring (bicyclic) bond motifs is 2. The summed E-state index contributed by atoms with van der Waals surface area (Å²) in [6, 6.07) is 18.5. The first-order valence-corrected chi connectivity index (χ1v) is 9.65. The number of hydrogen-bond donors (Lipinski definition) is 0. The summed E-state index contributed by atoms with van der Waals surface area (Å²) < 4.78 is 0. The Bertz CT molecular complexity index is 800. The number of benzene rings is 2. The summed E-state index contributed by atoms with van der Waals surface area (Å²) in [6.45, 7) is 2.27. The molecule has 0 bridgehead atoms. The Morgan fingerprint density at radius 1 is 0.880 bits per heavy atom. The van der Waals surface area contributed by atoms with Crippen LogP contribution in [-0.4, -0.2) is 5.78 Å². The topological polar surface area (TPSA) is 17.1 Å². The first-order valence-electron chi connectivity index (χ1n) is 9.65. The van der Waals surface area contributed by atoms with Crippen molar-refractivity contribution in [2.75, 3.05) is 0 Å². The highest BCUT2D eigenvalue weighted by atomic mass is 16.1. The summed E-state index contributed by atoms with van der Waals surface area (Å²) >= 11 is 0. The van der Waals surface area contributed by atoms with Gasteiger partial charge in [0.15, 0.2) is 5.78 Å². The van der Waals surface area contributed by atoms with Gasteiger partial charge in [-0.15, -0.1) is 0 Å². The summed E-state index contributed by atoms with van der Waals surface area (Å²) in [5, 5.41) is 0. The largest absolute Gasteiger partial charge is 0.293 e. The number of carbonyl (C=O) groups excluding carboxylic acids is 1. The molecule has 1 saturated carbocycles. The fourth-order valence-corrected chi connectivity index (χ4v) is 4.83. The highest BCUT2D eigenvalue weighted by Crippen LogP contribution is 2.48. The summed E-state index contributed by atoms with van der Waals surface area (Å²) in [5.74, 6) is 0.655. The van der Waals surface area contributed by atoms with Crippen LogP contribution in [0.4, 0.5) is 0 Å². The fraction of sp³-hybridized carbons (Fsp3) is 0.375. The maximum absolute atomic E-state index is 13.5. The lowest BCUT2D eigenvalue weighted by molar-refractivity contribution is 0.0931. The van der Waals surface area contributed by atoms with Gasteiger partial charge >= 0.3 is 0 Å². The van der Waals surface area contributed by atoms with Crippen molar-refractivity contribution < 1.29 is 4.79 Å². The molecule has 2 aliphatic rings. The molecule has 4 rings (SSSR count). The Balaban J connectivity index is 1.85. The zero-order valence-corrected chi connectivity index (χ0v) is 15.0. The number of rotatable bonds is 2. The van der Waals surface area contributed by atoms with Gasteiger partial charge in [-0.2, -0.15) is 0 Å². The van der Waals surface area contributed by atoms with Gasteiger partial charge in [-0.25, -0.2) is 0 Å². The monoisotopic (exact) mass is 330 g/mol. The zero-order chi connectivity index (χ0) is 17.2. The molecule has 1 nitrogen and oxygen atoms in total. The molecule has 0 amide bonds. The number of hydrogen-bond acceptors (Lipinski definition) is 1. The molecule has 0 radical (unpaired) electrons. The maximum Gasteiger partial charge on any atom is 0.170 e. The molecular formula is C24H26O. The second-order valence-electron chi connectivity index (χ2n) is 7.50. The number of Topliss-reactive ketones (excluding diaryl/α,β-unsaturated/α-hetero) is 1. The van der Waals surface area contributed by atoms with Crippen molar-refractivity contribution in [1.82, 2.24) is 0 Å². The van der Waals surface area contributed by atoms with Crippen LogP contribution in [0, 0.1) is 5.92 Å². The van der Waals surface area contributed by atoms with E-state index < -0.39 is 0 Å². The van der Waals surface area contributed by atoms with Crippen molar-refractivity contribution in [3.63, 3.8) is 0 Å². The average molecular weight is 330 g/mol. The number of allylic oxidation sites excluding steroid dienone is 2. The molecule has 0 saturated heterocycles. The fourth-order valence-electron chi connectivity index (χ4n) is 4.83. The SMILES string of the molecule is CC1=C2CCCCCCC2C(C(=O)c2ccccc2)c2ccccc21. The van der Waals surface area contributed by atoms with Gasteiger partial charge in [0.25, 0.3) is 0 Å². The summed E-state index contributed by atoms with van der Waals surface area (Å²) in [4.78, 5) is 13.5. The van der Waals surface area contributed by atoms with Crippen molar-refractivity contribution in [3.05, 3.63) is 76.9 Å². The van der Waals surface area contributed by atoms with E-state index in [0.717, 1.165) is 18.4 Å².